The molecule has 1 fully saturated rings. The molecule has 1 heterocycles. The van der Waals surface area contributed by atoms with Gasteiger partial charge in [-0.2, -0.15) is 0 Å². The smallest absolute Gasteiger partial charge is 0.192 e. The van der Waals surface area contributed by atoms with Gasteiger partial charge in [-0.05, 0) is 31.2 Å². The van der Waals surface area contributed by atoms with Gasteiger partial charge in [-0.25, -0.2) is 4.39 Å². The Kier molecular flexibility index (Phi) is 7.37. The van der Waals surface area contributed by atoms with E-state index in [4.69, 9.17) is 6.42 Å². The standard InChI is InChI=1S/C18H26FN5/c1-3-9-21-18(20-4-2)22-10-11-23-12-14-24(15-13-23)17-7-5-16(19)6-8-17/h1,5-8H,4,9-15H2,2H3,(H2,20,21,22). The van der Waals surface area contributed by atoms with E-state index in [0.717, 1.165) is 57.5 Å². The van der Waals surface area contributed by atoms with Crippen LogP contribution in [0.25, 0.3) is 0 Å². The van der Waals surface area contributed by atoms with Crippen molar-refractivity contribution in [1.29, 1.82) is 0 Å². The van der Waals surface area contributed by atoms with E-state index in [2.05, 4.69) is 31.3 Å². The molecule has 0 aromatic heterocycles. The van der Waals surface area contributed by atoms with Crippen LogP contribution in [0, 0.1) is 18.2 Å². The maximum absolute atomic E-state index is 13.0. The molecule has 0 unspecified atom stereocenters. The number of guanidine groups is 1. The van der Waals surface area contributed by atoms with E-state index in [1.807, 2.05) is 19.1 Å². The summed E-state index contributed by atoms with van der Waals surface area (Å²) in [6, 6.07) is 6.72. The zero-order valence-electron chi connectivity index (χ0n) is 14.3. The monoisotopic (exact) mass is 331 g/mol. The Bertz CT molecular complexity index is 556. The van der Waals surface area contributed by atoms with E-state index in [0.29, 0.717) is 6.54 Å². The third-order valence-electron chi connectivity index (χ3n) is 3.95. The van der Waals surface area contributed by atoms with Crippen LogP contribution in [0.2, 0.25) is 0 Å². The maximum Gasteiger partial charge on any atom is 0.192 e. The Morgan fingerprint density at radius 1 is 1.21 bits per heavy atom. The zero-order chi connectivity index (χ0) is 17.2. The summed E-state index contributed by atoms with van der Waals surface area (Å²) in [6.07, 6.45) is 5.26. The molecule has 1 aromatic rings. The van der Waals surface area contributed by atoms with Gasteiger partial charge in [0.25, 0.3) is 0 Å². The summed E-state index contributed by atoms with van der Waals surface area (Å²) >= 11 is 0. The zero-order valence-corrected chi connectivity index (χ0v) is 14.3. The van der Waals surface area contributed by atoms with Crippen LogP contribution in [0.4, 0.5) is 10.1 Å². The summed E-state index contributed by atoms with van der Waals surface area (Å²) in [5.41, 5.74) is 1.09. The van der Waals surface area contributed by atoms with Gasteiger partial charge in [-0.3, -0.25) is 9.89 Å². The van der Waals surface area contributed by atoms with Crippen molar-refractivity contribution in [1.82, 2.24) is 15.5 Å². The fourth-order valence-electron chi connectivity index (χ4n) is 2.66. The van der Waals surface area contributed by atoms with Gasteiger partial charge in [0.05, 0.1) is 13.1 Å². The van der Waals surface area contributed by atoms with Crippen LogP contribution in [-0.4, -0.2) is 63.2 Å². The van der Waals surface area contributed by atoms with Gasteiger partial charge < -0.3 is 15.5 Å². The third-order valence-corrected chi connectivity index (χ3v) is 3.95. The van der Waals surface area contributed by atoms with Crippen molar-refractivity contribution >= 4 is 11.6 Å². The molecule has 0 saturated carbocycles. The van der Waals surface area contributed by atoms with Crippen LogP contribution in [0.5, 0.6) is 0 Å². The fourth-order valence-corrected chi connectivity index (χ4v) is 2.66. The highest BCUT2D eigenvalue weighted by Gasteiger charge is 2.16. The van der Waals surface area contributed by atoms with Gasteiger partial charge in [0.15, 0.2) is 5.96 Å². The summed E-state index contributed by atoms with van der Waals surface area (Å²) in [5, 5.41) is 6.26. The predicted octanol–water partition coefficient (Wildman–Crippen LogP) is 1.14. The number of nitrogens with one attached hydrogen (secondary N) is 2. The summed E-state index contributed by atoms with van der Waals surface area (Å²) in [6.45, 7) is 8.84. The van der Waals surface area contributed by atoms with Crippen LogP contribution in [0.1, 0.15) is 6.92 Å². The van der Waals surface area contributed by atoms with E-state index in [9.17, 15) is 4.39 Å². The van der Waals surface area contributed by atoms with Gasteiger partial charge in [-0.1, -0.05) is 5.92 Å². The molecule has 1 aromatic carbocycles. The Balaban J connectivity index is 1.74. The lowest BCUT2D eigenvalue weighted by molar-refractivity contribution is 0.265. The second kappa shape index (κ2) is 9.78. The minimum atomic E-state index is -0.190. The topological polar surface area (TPSA) is 42.9 Å². The van der Waals surface area contributed by atoms with Crippen molar-refractivity contribution < 1.29 is 4.39 Å². The molecular weight excluding hydrogens is 305 g/mol. The molecule has 0 atom stereocenters. The first-order valence-electron chi connectivity index (χ1n) is 8.41. The number of aliphatic imine (C=N–C) groups is 1. The quantitative estimate of drug-likeness (QED) is 0.466. The number of terminal acetylenes is 1. The lowest BCUT2D eigenvalue weighted by Gasteiger charge is -2.35. The number of anilines is 1. The van der Waals surface area contributed by atoms with Crippen LogP contribution in [-0.2, 0) is 0 Å². The Labute approximate surface area is 143 Å². The SMILES string of the molecule is C#CCNC(=NCCN1CCN(c2ccc(F)cc2)CC1)NCC. The molecule has 0 bridgehead atoms. The largest absolute Gasteiger partial charge is 0.369 e. The normalized spacial score (nSPS) is 15.9. The van der Waals surface area contributed by atoms with Crippen LogP contribution < -0.4 is 15.5 Å². The summed E-state index contributed by atoms with van der Waals surface area (Å²) in [4.78, 5) is 9.22. The lowest BCUT2D eigenvalue weighted by atomic mass is 10.2. The first-order valence-corrected chi connectivity index (χ1v) is 8.41. The number of piperazine rings is 1. The number of rotatable bonds is 6. The molecule has 0 spiro atoms. The van der Waals surface area contributed by atoms with Gasteiger partial charge in [0.1, 0.15) is 5.82 Å². The van der Waals surface area contributed by atoms with Gasteiger partial charge in [-0.15, -0.1) is 6.42 Å². The minimum absolute atomic E-state index is 0.190. The van der Waals surface area contributed by atoms with Gasteiger partial charge in [0.2, 0.25) is 0 Å². The van der Waals surface area contributed by atoms with E-state index in [1.165, 1.54) is 12.1 Å². The molecule has 0 amide bonds. The van der Waals surface area contributed by atoms with Crippen molar-refractivity contribution in [3.05, 3.63) is 30.1 Å². The fraction of sp³-hybridized carbons (Fsp3) is 0.500. The van der Waals surface area contributed by atoms with Crippen LogP contribution >= 0.6 is 0 Å². The van der Waals surface area contributed by atoms with Crippen molar-refractivity contribution in [3.8, 4) is 12.3 Å². The van der Waals surface area contributed by atoms with Crippen LogP contribution in [0.15, 0.2) is 29.3 Å². The number of hydrogen-bond donors (Lipinski definition) is 2. The first-order chi connectivity index (χ1) is 11.7. The molecule has 0 radical (unpaired) electrons. The Morgan fingerprint density at radius 2 is 1.92 bits per heavy atom. The molecular formula is C18H26FN5. The lowest BCUT2D eigenvalue weighted by Crippen LogP contribution is -2.47. The second-order valence-corrected chi connectivity index (χ2v) is 5.62. The highest BCUT2D eigenvalue weighted by molar-refractivity contribution is 5.79. The Morgan fingerprint density at radius 3 is 2.54 bits per heavy atom. The predicted molar refractivity (Wildman–Crippen MR) is 97.9 cm³/mol. The summed E-state index contributed by atoms with van der Waals surface area (Å²) in [5.74, 6) is 3.12. The first kappa shape index (κ1) is 18.1. The number of hydrogen-bond acceptors (Lipinski definition) is 3. The summed E-state index contributed by atoms with van der Waals surface area (Å²) in [7, 11) is 0. The third kappa shape index (κ3) is 5.74. The molecule has 1 saturated heterocycles. The number of halogens is 1. The van der Waals surface area contributed by atoms with Crippen molar-refractivity contribution in [2.24, 2.45) is 4.99 Å². The highest BCUT2D eigenvalue weighted by Crippen LogP contribution is 2.16. The van der Waals surface area contributed by atoms with Gasteiger partial charge in [0, 0.05) is 45.0 Å². The molecule has 6 heteroatoms. The molecule has 1 aliphatic rings. The van der Waals surface area contributed by atoms with E-state index in [-0.39, 0.29) is 5.82 Å². The molecule has 2 N–H and O–H groups in total. The van der Waals surface area contributed by atoms with E-state index >= 15 is 0 Å². The second-order valence-electron chi connectivity index (χ2n) is 5.62. The Hall–Kier alpha value is -2.26. The van der Waals surface area contributed by atoms with Gasteiger partial charge >= 0.3 is 0 Å². The van der Waals surface area contributed by atoms with E-state index in [1.54, 1.807) is 0 Å². The molecule has 130 valence electrons. The number of nitrogens with zero attached hydrogens (tertiary/aromatic N) is 3. The van der Waals surface area contributed by atoms with Crippen molar-refractivity contribution in [2.45, 2.75) is 6.92 Å². The average Bonchev–Trinajstić information content (AvgIpc) is 2.61. The molecule has 5 nitrogen and oxygen atoms in total. The molecule has 2 rings (SSSR count). The molecule has 1 aliphatic heterocycles. The summed E-state index contributed by atoms with van der Waals surface area (Å²) < 4.78 is 13.0. The van der Waals surface area contributed by atoms with Crippen molar-refractivity contribution in [3.63, 3.8) is 0 Å². The number of benzene rings is 1. The van der Waals surface area contributed by atoms with Crippen LogP contribution in [0.3, 0.4) is 0 Å². The minimum Gasteiger partial charge on any atom is -0.369 e. The highest BCUT2D eigenvalue weighted by atomic mass is 19.1. The molecule has 24 heavy (non-hydrogen) atoms. The maximum atomic E-state index is 13.0. The molecule has 0 aliphatic carbocycles. The average molecular weight is 331 g/mol. The van der Waals surface area contributed by atoms with Crippen molar-refractivity contribution in [2.75, 3.05) is 57.3 Å². The van der Waals surface area contributed by atoms with E-state index < -0.39 is 0 Å².